The third kappa shape index (κ3) is 5.86. The molecule has 0 spiro atoms. The van der Waals surface area contributed by atoms with E-state index in [9.17, 15) is 5.11 Å². The number of anilines is 3. The monoisotopic (exact) mass is 445 g/mol. The average Bonchev–Trinajstić information content (AvgIpc) is 2.98. The van der Waals surface area contributed by atoms with Crippen LogP contribution in [0.1, 0.15) is 36.8 Å². The summed E-state index contributed by atoms with van der Waals surface area (Å²) in [6.45, 7) is 3.84. The van der Waals surface area contributed by atoms with Crippen LogP contribution in [-0.2, 0) is 17.6 Å². The summed E-state index contributed by atoms with van der Waals surface area (Å²) in [7, 11) is 1.75. The number of nitrogens with zero attached hydrogens (tertiary/aromatic N) is 3. The Hall–Kier alpha value is -1.93. The van der Waals surface area contributed by atoms with Gasteiger partial charge in [0.25, 0.3) is 0 Å². The number of hydrogen-bond acceptors (Lipinski definition) is 7. The first-order valence-electron chi connectivity index (χ1n) is 11.2. The first-order chi connectivity index (χ1) is 15.1. The molecule has 1 aliphatic heterocycles. The topological polar surface area (TPSA) is 82.5 Å². The summed E-state index contributed by atoms with van der Waals surface area (Å²) in [5.74, 6) is 1.06. The molecule has 0 bridgehead atoms. The van der Waals surface area contributed by atoms with E-state index >= 15 is 0 Å². The van der Waals surface area contributed by atoms with Gasteiger partial charge < -0.3 is 25.4 Å². The molecule has 0 radical (unpaired) electrons. The van der Waals surface area contributed by atoms with Crippen molar-refractivity contribution in [1.82, 2.24) is 14.9 Å². The third-order valence-corrected chi connectivity index (χ3v) is 6.54. The molecule has 1 aromatic heterocycles. The molecule has 4 rings (SSSR count). The van der Waals surface area contributed by atoms with E-state index in [-0.39, 0.29) is 12.1 Å². The van der Waals surface area contributed by atoms with Gasteiger partial charge in [0.1, 0.15) is 5.02 Å². The summed E-state index contributed by atoms with van der Waals surface area (Å²) in [6.07, 6.45) is 7.18. The van der Waals surface area contributed by atoms with Crippen LogP contribution in [0.4, 0.5) is 17.5 Å². The van der Waals surface area contributed by atoms with Gasteiger partial charge in [-0.3, -0.25) is 0 Å². The number of benzene rings is 1. The van der Waals surface area contributed by atoms with Crippen LogP contribution in [0.15, 0.2) is 24.4 Å². The van der Waals surface area contributed by atoms with Crippen LogP contribution in [0, 0.1) is 0 Å². The SMILES string of the molecule is COCCN1CCc2ccc(Nc3ncc(Cl)c(N[C@H]4CCCC[C@@H]4O)n3)cc2CC1. The number of fused-ring (bicyclic) bond motifs is 1. The Kier molecular flexibility index (Phi) is 7.61. The van der Waals surface area contributed by atoms with E-state index in [4.69, 9.17) is 16.3 Å². The zero-order valence-corrected chi connectivity index (χ0v) is 18.9. The molecule has 2 aliphatic rings. The second kappa shape index (κ2) is 10.6. The molecule has 7 nitrogen and oxygen atoms in total. The molecule has 0 saturated heterocycles. The number of halogens is 1. The molecule has 3 N–H and O–H groups in total. The number of methoxy groups -OCH3 is 1. The van der Waals surface area contributed by atoms with E-state index in [2.05, 4.69) is 43.7 Å². The highest BCUT2D eigenvalue weighted by Crippen LogP contribution is 2.27. The highest BCUT2D eigenvalue weighted by molar-refractivity contribution is 6.32. The van der Waals surface area contributed by atoms with Gasteiger partial charge >= 0.3 is 0 Å². The Bertz CT molecular complexity index is 881. The number of nitrogens with one attached hydrogen (secondary N) is 2. The largest absolute Gasteiger partial charge is 0.391 e. The van der Waals surface area contributed by atoms with Crippen molar-refractivity contribution in [3.05, 3.63) is 40.5 Å². The Morgan fingerprint density at radius 3 is 2.81 bits per heavy atom. The number of ether oxygens (including phenoxy) is 1. The number of rotatable bonds is 7. The average molecular weight is 446 g/mol. The smallest absolute Gasteiger partial charge is 0.229 e. The second-order valence-corrected chi connectivity index (χ2v) is 8.84. The molecule has 8 heteroatoms. The third-order valence-electron chi connectivity index (χ3n) is 6.26. The van der Waals surface area contributed by atoms with E-state index in [0.29, 0.717) is 16.8 Å². The Morgan fingerprint density at radius 2 is 2.00 bits per heavy atom. The Balaban J connectivity index is 1.43. The molecule has 0 amide bonds. The molecule has 2 atom stereocenters. The molecule has 2 aromatic rings. The fourth-order valence-electron chi connectivity index (χ4n) is 4.41. The van der Waals surface area contributed by atoms with Crippen LogP contribution in [0.5, 0.6) is 0 Å². The Labute approximate surface area is 189 Å². The Morgan fingerprint density at radius 1 is 1.19 bits per heavy atom. The fourth-order valence-corrected chi connectivity index (χ4v) is 4.55. The summed E-state index contributed by atoms with van der Waals surface area (Å²) in [4.78, 5) is 11.4. The number of aromatic nitrogens is 2. The minimum Gasteiger partial charge on any atom is -0.391 e. The number of aliphatic hydroxyl groups is 1. The molecular formula is C23H32ClN5O2. The molecule has 168 valence electrons. The van der Waals surface area contributed by atoms with E-state index in [1.54, 1.807) is 13.3 Å². The van der Waals surface area contributed by atoms with E-state index < -0.39 is 0 Å². The van der Waals surface area contributed by atoms with Gasteiger partial charge in [0, 0.05) is 32.4 Å². The van der Waals surface area contributed by atoms with E-state index in [1.165, 1.54) is 11.1 Å². The molecule has 1 aromatic carbocycles. The number of hydrogen-bond donors (Lipinski definition) is 3. The molecule has 1 aliphatic carbocycles. The molecule has 1 fully saturated rings. The summed E-state index contributed by atoms with van der Waals surface area (Å²) in [5, 5.41) is 17.3. The lowest BCUT2D eigenvalue weighted by atomic mass is 9.93. The van der Waals surface area contributed by atoms with Crippen molar-refractivity contribution in [1.29, 1.82) is 0 Å². The molecular weight excluding hydrogens is 414 g/mol. The first kappa shape index (κ1) is 22.3. The van der Waals surface area contributed by atoms with Crippen molar-refractivity contribution in [2.75, 3.05) is 44.0 Å². The standard InChI is InChI=1S/C23H32ClN5O2/c1-31-13-12-29-10-8-16-6-7-18(14-17(16)9-11-29)26-23-25-15-19(24)22(28-23)27-20-4-2-3-5-21(20)30/h6-7,14-15,20-21,30H,2-5,8-13H2,1H3,(H2,25,26,27,28)/t20-,21-/m0/s1. The van der Waals surface area contributed by atoms with Crippen molar-refractivity contribution in [3.63, 3.8) is 0 Å². The lowest BCUT2D eigenvalue weighted by Crippen LogP contribution is -2.36. The molecule has 1 saturated carbocycles. The second-order valence-electron chi connectivity index (χ2n) is 8.44. The van der Waals surface area contributed by atoms with Gasteiger partial charge in [-0.05, 0) is 48.9 Å². The normalized spacial score (nSPS) is 21.9. The predicted molar refractivity (Wildman–Crippen MR) is 124 cm³/mol. The summed E-state index contributed by atoms with van der Waals surface area (Å²) in [6, 6.07) is 6.46. The molecule has 0 unspecified atom stereocenters. The van der Waals surface area contributed by atoms with Crippen LogP contribution < -0.4 is 10.6 Å². The van der Waals surface area contributed by atoms with Gasteiger partial charge in [0.05, 0.1) is 24.9 Å². The zero-order valence-electron chi connectivity index (χ0n) is 18.1. The van der Waals surface area contributed by atoms with Crippen molar-refractivity contribution in [2.24, 2.45) is 0 Å². The van der Waals surface area contributed by atoms with Crippen LogP contribution in [0.2, 0.25) is 5.02 Å². The zero-order chi connectivity index (χ0) is 21.6. The molecule has 31 heavy (non-hydrogen) atoms. The van der Waals surface area contributed by atoms with Gasteiger partial charge in [0.15, 0.2) is 5.82 Å². The van der Waals surface area contributed by atoms with Crippen LogP contribution in [0.25, 0.3) is 0 Å². The van der Waals surface area contributed by atoms with Crippen molar-refractivity contribution < 1.29 is 9.84 Å². The predicted octanol–water partition coefficient (Wildman–Crippen LogP) is 3.64. The highest BCUT2D eigenvalue weighted by atomic mass is 35.5. The van der Waals surface area contributed by atoms with Crippen molar-refractivity contribution in [2.45, 2.75) is 50.7 Å². The lowest BCUT2D eigenvalue weighted by Gasteiger charge is -2.29. The van der Waals surface area contributed by atoms with Crippen LogP contribution >= 0.6 is 11.6 Å². The van der Waals surface area contributed by atoms with Crippen LogP contribution in [0.3, 0.4) is 0 Å². The summed E-state index contributed by atoms with van der Waals surface area (Å²) < 4.78 is 5.23. The fraction of sp³-hybridized carbons (Fsp3) is 0.565. The quantitative estimate of drug-likeness (QED) is 0.600. The van der Waals surface area contributed by atoms with Gasteiger partial charge in [-0.2, -0.15) is 4.98 Å². The van der Waals surface area contributed by atoms with Crippen molar-refractivity contribution in [3.8, 4) is 0 Å². The van der Waals surface area contributed by atoms with Crippen molar-refractivity contribution >= 4 is 29.1 Å². The minimum atomic E-state index is -0.371. The maximum Gasteiger partial charge on any atom is 0.229 e. The summed E-state index contributed by atoms with van der Waals surface area (Å²) in [5.41, 5.74) is 3.73. The number of aliphatic hydroxyl groups excluding tert-OH is 1. The van der Waals surface area contributed by atoms with Gasteiger partial charge in [-0.15, -0.1) is 0 Å². The van der Waals surface area contributed by atoms with Gasteiger partial charge in [-0.25, -0.2) is 4.98 Å². The van der Waals surface area contributed by atoms with E-state index in [1.807, 2.05) is 0 Å². The van der Waals surface area contributed by atoms with E-state index in [0.717, 1.165) is 70.5 Å². The lowest BCUT2D eigenvalue weighted by molar-refractivity contribution is 0.116. The van der Waals surface area contributed by atoms with Gasteiger partial charge in [-0.1, -0.05) is 30.5 Å². The molecule has 2 heterocycles. The highest BCUT2D eigenvalue weighted by Gasteiger charge is 2.24. The summed E-state index contributed by atoms with van der Waals surface area (Å²) >= 11 is 6.32. The minimum absolute atomic E-state index is 0.0254. The van der Waals surface area contributed by atoms with Gasteiger partial charge in [0.2, 0.25) is 5.95 Å². The first-order valence-corrected chi connectivity index (χ1v) is 11.6. The van der Waals surface area contributed by atoms with Crippen LogP contribution in [-0.4, -0.2) is 65.5 Å². The maximum absolute atomic E-state index is 10.3. The maximum atomic E-state index is 10.3.